The third-order valence-electron chi connectivity index (χ3n) is 2.73. The Kier molecular flexibility index (Phi) is 4.91. The van der Waals surface area contributed by atoms with Crippen molar-refractivity contribution in [2.45, 2.75) is 17.9 Å². The summed E-state index contributed by atoms with van der Waals surface area (Å²) in [5, 5.41) is 9.52. The maximum Gasteiger partial charge on any atom is 0.141 e. The summed E-state index contributed by atoms with van der Waals surface area (Å²) in [6, 6.07) is 13.5. The highest BCUT2D eigenvalue weighted by Gasteiger charge is 2.07. The highest BCUT2D eigenvalue weighted by Crippen LogP contribution is 2.32. The molecule has 1 N–H and O–H groups in total. The van der Waals surface area contributed by atoms with Crippen LogP contribution < -0.4 is 4.74 Å². The molecule has 19 heavy (non-hydrogen) atoms. The Bertz CT molecular complexity index is 553. The molecule has 2 nitrogen and oxygen atoms in total. The fourth-order valence-electron chi connectivity index (χ4n) is 1.63. The summed E-state index contributed by atoms with van der Waals surface area (Å²) in [5.74, 6) is 1.53. The minimum absolute atomic E-state index is 0.480. The van der Waals surface area contributed by atoms with E-state index in [9.17, 15) is 5.11 Å². The number of benzene rings is 2. The highest BCUT2D eigenvalue weighted by molar-refractivity contribution is 9.10. The minimum atomic E-state index is -0.480. The summed E-state index contributed by atoms with van der Waals surface area (Å²) in [5.41, 5.74) is 0.858. The van der Waals surface area contributed by atoms with Gasteiger partial charge in [-0.15, -0.1) is 11.8 Å². The monoisotopic (exact) mass is 338 g/mol. The Morgan fingerprint density at radius 2 is 1.84 bits per heavy atom. The number of hydrogen-bond donors (Lipinski definition) is 1. The summed E-state index contributed by atoms with van der Waals surface area (Å²) in [6.45, 7) is 1.74. The molecule has 1 atom stereocenters. The lowest BCUT2D eigenvalue weighted by Gasteiger charge is -2.11. The van der Waals surface area contributed by atoms with Gasteiger partial charge in [0.15, 0.2) is 0 Å². The van der Waals surface area contributed by atoms with Crippen molar-refractivity contribution >= 4 is 27.7 Å². The predicted molar refractivity (Wildman–Crippen MR) is 83.1 cm³/mol. The first kappa shape index (κ1) is 14.4. The van der Waals surface area contributed by atoms with Gasteiger partial charge in [-0.2, -0.15) is 0 Å². The van der Waals surface area contributed by atoms with E-state index in [0.717, 1.165) is 21.5 Å². The van der Waals surface area contributed by atoms with Gasteiger partial charge in [0.2, 0.25) is 0 Å². The molecule has 0 radical (unpaired) electrons. The van der Waals surface area contributed by atoms with Gasteiger partial charge in [-0.3, -0.25) is 0 Å². The first-order valence-corrected chi connectivity index (χ1v) is 7.91. The van der Waals surface area contributed by atoms with Crippen LogP contribution in [-0.4, -0.2) is 11.4 Å². The van der Waals surface area contributed by atoms with Crippen molar-refractivity contribution in [1.82, 2.24) is 0 Å². The normalized spacial score (nSPS) is 12.2. The second-order valence-corrected chi connectivity index (χ2v) is 5.88. The van der Waals surface area contributed by atoms with E-state index >= 15 is 0 Å². The lowest BCUT2D eigenvalue weighted by Crippen LogP contribution is -1.92. The lowest BCUT2D eigenvalue weighted by molar-refractivity contribution is 0.199. The molecule has 2 aromatic carbocycles. The number of aliphatic hydroxyl groups is 1. The number of halogens is 1. The van der Waals surface area contributed by atoms with Gasteiger partial charge >= 0.3 is 0 Å². The van der Waals surface area contributed by atoms with E-state index in [1.807, 2.05) is 48.7 Å². The van der Waals surface area contributed by atoms with Crippen molar-refractivity contribution in [2.75, 3.05) is 6.26 Å². The van der Waals surface area contributed by atoms with E-state index < -0.39 is 6.10 Å². The van der Waals surface area contributed by atoms with Crippen LogP contribution in [0, 0.1) is 0 Å². The Morgan fingerprint density at radius 1 is 1.16 bits per heavy atom. The SMILES string of the molecule is CSc1ccc(Oc2ccc([C@H](C)O)cc2Br)cc1. The maximum absolute atomic E-state index is 9.52. The molecule has 0 aliphatic rings. The fraction of sp³-hybridized carbons (Fsp3) is 0.200. The summed E-state index contributed by atoms with van der Waals surface area (Å²) >= 11 is 5.16. The quantitative estimate of drug-likeness (QED) is 0.794. The van der Waals surface area contributed by atoms with Gasteiger partial charge in [-0.25, -0.2) is 0 Å². The molecule has 2 aromatic rings. The molecule has 100 valence electrons. The number of ether oxygens (including phenoxy) is 1. The molecule has 0 fully saturated rings. The lowest BCUT2D eigenvalue weighted by atomic mass is 10.1. The van der Waals surface area contributed by atoms with Crippen molar-refractivity contribution in [3.63, 3.8) is 0 Å². The molecule has 0 heterocycles. The van der Waals surface area contributed by atoms with Crippen LogP contribution in [0.2, 0.25) is 0 Å². The van der Waals surface area contributed by atoms with E-state index in [1.165, 1.54) is 4.90 Å². The zero-order valence-electron chi connectivity index (χ0n) is 10.8. The molecule has 0 bridgehead atoms. The van der Waals surface area contributed by atoms with Crippen LogP contribution in [-0.2, 0) is 0 Å². The van der Waals surface area contributed by atoms with E-state index in [4.69, 9.17) is 4.74 Å². The number of thioether (sulfide) groups is 1. The number of rotatable bonds is 4. The zero-order valence-corrected chi connectivity index (χ0v) is 13.2. The van der Waals surface area contributed by atoms with Gasteiger partial charge in [-0.05, 0) is 71.1 Å². The second-order valence-electron chi connectivity index (χ2n) is 4.14. The van der Waals surface area contributed by atoms with Crippen molar-refractivity contribution in [1.29, 1.82) is 0 Å². The molecule has 4 heteroatoms. The molecule has 2 rings (SSSR count). The van der Waals surface area contributed by atoms with Crippen LogP contribution in [0.4, 0.5) is 0 Å². The fourth-order valence-corrected chi connectivity index (χ4v) is 2.52. The van der Waals surface area contributed by atoms with Crippen molar-refractivity contribution in [3.05, 3.63) is 52.5 Å². The zero-order chi connectivity index (χ0) is 13.8. The maximum atomic E-state index is 9.52. The third kappa shape index (κ3) is 3.75. The smallest absolute Gasteiger partial charge is 0.141 e. The molecule has 0 aromatic heterocycles. The third-order valence-corrected chi connectivity index (χ3v) is 4.09. The average Bonchev–Trinajstić information content (AvgIpc) is 2.41. The second kappa shape index (κ2) is 6.46. The van der Waals surface area contributed by atoms with Crippen LogP contribution in [0.1, 0.15) is 18.6 Å². The summed E-state index contributed by atoms with van der Waals surface area (Å²) in [4.78, 5) is 1.20. The first-order chi connectivity index (χ1) is 9.10. The molecule has 0 spiro atoms. The predicted octanol–water partition coefficient (Wildman–Crippen LogP) is 5.02. The molecule has 0 aliphatic heterocycles. The topological polar surface area (TPSA) is 29.5 Å². The molecule has 0 saturated carbocycles. The highest BCUT2D eigenvalue weighted by atomic mass is 79.9. The number of aliphatic hydroxyl groups excluding tert-OH is 1. The van der Waals surface area contributed by atoms with E-state index in [0.29, 0.717) is 0 Å². The standard InChI is InChI=1S/C15H15BrO2S/c1-10(17)11-3-8-15(14(16)9-11)18-12-4-6-13(19-2)7-5-12/h3-10,17H,1-2H3/t10-/m0/s1. The molecule has 0 saturated heterocycles. The summed E-state index contributed by atoms with van der Waals surface area (Å²) in [6.07, 6.45) is 1.56. The van der Waals surface area contributed by atoms with Gasteiger partial charge in [-0.1, -0.05) is 6.07 Å². The molecular weight excluding hydrogens is 324 g/mol. The largest absolute Gasteiger partial charge is 0.456 e. The van der Waals surface area contributed by atoms with Crippen LogP contribution in [0.3, 0.4) is 0 Å². The molecule has 0 amide bonds. The van der Waals surface area contributed by atoms with Crippen LogP contribution >= 0.6 is 27.7 Å². The van der Waals surface area contributed by atoms with Gasteiger partial charge in [0.05, 0.1) is 10.6 Å². The summed E-state index contributed by atoms with van der Waals surface area (Å²) < 4.78 is 6.64. The van der Waals surface area contributed by atoms with Crippen molar-refractivity contribution in [3.8, 4) is 11.5 Å². The molecule has 0 unspecified atom stereocenters. The van der Waals surface area contributed by atoms with E-state index in [1.54, 1.807) is 18.7 Å². The van der Waals surface area contributed by atoms with Crippen LogP contribution in [0.5, 0.6) is 11.5 Å². The van der Waals surface area contributed by atoms with E-state index in [-0.39, 0.29) is 0 Å². The Balaban J connectivity index is 2.18. The van der Waals surface area contributed by atoms with Crippen molar-refractivity contribution in [2.24, 2.45) is 0 Å². The van der Waals surface area contributed by atoms with Crippen molar-refractivity contribution < 1.29 is 9.84 Å². The Morgan fingerprint density at radius 3 is 2.37 bits per heavy atom. The van der Waals surface area contributed by atoms with Gasteiger partial charge in [0, 0.05) is 4.90 Å². The molecular formula is C15H15BrO2S. The van der Waals surface area contributed by atoms with Gasteiger partial charge in [0.25, 0.3) is 0 Å². The minimum Gasteiger partial charge on any atom is -0.456 e. The van der Waals surface area contributed by atoms with E-state index in [2.05, 4.69) is 15.9 Å². The Hall–Kier alpha value is -0.970. The molecule has 0 aliphatic carbocycles. The average molecular weight is 339 g/mol. The summed E-state index contributed by atoms with van der Waals surface area (Å²) in [7, 11) is 0. The van der Waals surface area contributed by atoms with Crippen LogP contribution in [0.25, 0.3) is 0 Å². The van der Waals surface area contributed by atoms with Gasteiger partial charge in [0.1, 0.15) is 11.5 Å². The number of hydrogen-bond acceptors (Lipinski definition) is 3. The first-order valence-electron chi connectivity index (χ1n) is 5.89. The Labute approximate surface area is 125 Å². The van der Waals surface area contributed by atoms with Crippen LogP contribution in [0.15, 0.2) is 51.8 Å². The van der Waals surface area contributed by atoms with Gasteiger partial charge < -0.3 is 9.84 Å².